The van der Waals surface area contributed by atoms with Crippen LogP contribution >= 0.6 is 11.8 Å². The van der Waals surface area contributed by atoms with E-state index in [0.717, 1.165) is 38.0 Å². The summed E-state index contributed by atoms with van der Waals surface area (Å²) in [6.07, 6.45) is 3.89. The fourth-order valence-electron chi connectivity index (χ4n) is 2.86. The molecule has 0 spiro atoms. The Morgan fingerprint density at radius 1 is 1.20 bits per heavy atom. The second-order valence-corrected chi connectivity index (χ2v) is 7.55. The molecular formula is C21H25NO2S. The number of thioether (sulfide) groups is 1. The smallest absolute Gasteiger partial charge is 0.233 e. The van der Waals surface area contributed by atoms with E-state index in [1.807, 2.05) is 24.3 Å². The lowest BCUT2D eigenvalue weighted by Gasteiger charge is -2.10. The van der Waals surface area contributed by atoms with E-state index in [1.54, 1.807) is 11.8 Å². The number of ether oxygens (including phenoxy) is 1. The van der Waals surface area contributed by atoms with Gasteiger partial charge in [-0.15, -0.1) is 11.8 Å². The first-order valence-electron chi connectivity index (χ1n) is 9.00. The zero-order valence-electron chi connectivity index (χ0n) is 14.7. The number of nitrogens with one attached hydrogen (secondary N) is 1. The topological polar surface area (TPSA) is 38.3 Å². The molecule has 132 valence electrons. The van der Waals surface area contributed by atoms with E-state index in [2.05, 4.69) is 36.5 Å². The third-order valence-electron chi connectivity index (χ3n) is 4.34. The molecule has 2 aromatic rings. The van der Waals surface area contributed by atoms with Crippen LogP contribution < -0.4 is 10.1 Å². The average molecular weight is 356 g/mol. The van der Waals surface area contributed by atoms with E-state index >= 15 is 0 Å². The van der Waals surface area contributed by atoms with E-state index in [1.165, 1.54) is 16.0 Å². The summed E-state index contributed by atoms with van der Waals surface area (Å²) >= 11 is 1.67. The lowest BCUT2D eigenvalue weighted by Crippen LogP contribution is -2.33. The highest BCUT2D eigenvalue weighted by atomic mass is 32.2. The van der Waals surface area contributed by atoms with Gasteiger partial charge < -0.3 is 10.1 Å². The number of amides is 1. The molecule has 3 nitrogen and oxygen atoms in total. The molecule has 3 rings (SSSR count). The predicted octanol–water partition coefficient (Wildman–Crippen LogP) is 4.24. The van der Waals surface area contributed by atoms with Crippen molar-refractivity contribution in [2.75, 3.05) is 13.2 Å². The van der Waals surface area contributed by atoms with Gasteiger partial charge in [0.05, 0.1) is 11.9 Å². The maximum absolute atomic E-state index is 12.4. The first kappa shape index (κ1) is 17.9. The van der Waals surface area contributed by atoms with Crippen molar-refractivity contribution in [2.45, 2.75) is 42.8 Å². The molecule has 0 saturated heterocycles. The Labute approximate surface area is 154 Å². The van der Waals surface area contributed by atoms with Gasteiger partial charge in [-0.25, -0.2) is 0 Å². The summed E-state index contributed by atoms with van der Waals surface area (Å²) in [5, 5.41) is 3.08. The summed E-state index contributed by atoms with van der Waals surface area (Å²) in [6.45, 7) is 3.60. The second-order valence-electron chi connectivity index (χ2n) is 6.31. The minimum atomic E-state index is 0.00624. The zero-order chi connectivity index (χ0) is 17.5. The van der Waals surface area contributed by atoms with Gasteiger partial charge >= 0.3 is 0 Å². The highest BCUT2D eigenvalue weighted by Crippen LogP contribution is 2.36. The molecule has 1 atom stereocenters. The van der Waals surface area contributed by atoms with E-state index in [4.69, 9.17) is 4.74 Å². The predicted molar refractivity (Wildman–Crippen MR) is 103 cm³/mol. The van der Waals surface area contributed by atoms with E-state index in [9.17, 15) is 4.79 Å². The number of carbonyl (C=O) groups excluding carboxylic acids is 1. The van der Waals surface area contributed by atoms with Gasteiger partial charge in [0.1, 0.15) is 5.75 Å². The molecule has 0 saturated carbocycles. The molecule has 0 bridgehead atoms. The number of unbranched alkanes of at least 4 members (excludes halogenated alkanes) is 1. The molecule has 1 aliphatic heterocycles. The molecule has 2 aromatic carbocycles. The summed E-state index contributed by atoms with van der Waals surface area (Å²) < 4.78 is 5.67. The van der Waals surface area contributed by atoms with E-state index in [-0.39, 0.29) is 11.2 Å². The number of fused-ring (bicyclic) bond motifs is 1. The van der Waals surface area contributed by atoms with Crippen LogP contribution in [0.4, 0.5) is 0 Å². The Kier molecular flexibility index (Phi) is 6.40. The molecule has 25 heavy (non-hydrogen) atoms. The summed E-state index contributed by atoms with van der Waals surface area (Å²) in [5.41, 5.74) is 2.50. The van der Waals surface area contributed by atoms with Crippen LogP contribution in [0.1, 0.15) is 30.9 Å². The van der Waals surface area contributed by atoms with Crippen molar-refractivity contribution in [1.29, 1.82) is 0 Å². The normalized spacial score (nSPS) is 15.6. The zero-order valence-corrected chi connectivity index (χ0v) is 15.5. The fourth-order valence-corrected chi connectivity index (χ4v) is 4.08. The van der Waals surface area contributed by atoms with Crippen molar-refractivity contribution in [3.05, 3.63) is 59.7 Å². The van der Waals surface area contributed by atoms with Gasteiger partial charge in [0.15, 0.2) is 0 Å². The number of carbonyl (C=O) groups is 1. The molecule has 1 unspecified atom stereocenters. The summed E-state index contributed by atoms with van der Waals surface area (Å²) in [5.74, 6) is 1.06. The number of rotatable bonds is 8. The average Bonchev–Trinajstić information content (AvgIpc) is 3.07. The van der Waals surface area contributed by atoms with Crippen molar-refractivity contribution in [3.8, 4) is 5.75 Å². The molecule has 1 N–H and O–H groups in total. The maximum Gasteiger partial charge on any atom is 0.233 e. The number of hydrogen-bond acceptors (Lipinski definition) is 3. The van der Waals surface area contributed by atoms with Gasteiger partial charge in [0.2, 0.25) is 5.91 Å². The van der Waals surface area contributed by atoms with Crippen LogP contribution in [0.2, 0.25) is 0 Å². The molecule has 0 aliphatic carbocycles. The van der Waals surface area contributed by atoms with Crippen molar-refractivity contribution in [1.82, 2.24) is 5.32 Å². The quantitative estimate of drug-likeness (QED) is 0.720. The van der Waals surface area contributed by atoms with Crippen molar-refractivity contribution in [2.24, 2.45) is 0 Å². The lowest BCUT2D eigenvalue weighted by molar-refractivity contribution is -0.120. The van der Waals surface area contributed by atoms with Gasteiger partial charge in [-0.3, -0.25) is 4.79 Å². The molecule has 0 radical (unpaired) electrons. The Morgan fingerprint density at radius 2 is 2.00 bits per heavy atom. The van der Waals surface area contributed by atoms with Gasteiger partial charge in [-0.05, 0) is 48.6 Å². The van der Waals surface area contributed by atoms with Crippen LogP contribution in [-0.4, -0.2) is 24.3 Å². The monoisotopic (exact) mass is 355 g/mol. The van der Waals surface area contributed by atoms with Crippen LogP contribution in [0.3, 0.4) is 0 Å². The molecule has 1 aliphatic rings. The van der Waals surface area contributed by atoms with E-state index < -0.39 is 0 Å². The Balaban J connectivity index is 1.40. The standard InChI is InChI=1S/C21H25NO2S/c1-2-3-14-24-18-10-8-16(9-11-18)12-13-22-21(23)20-15-17-6-4-5-7-19(17)25-20/h4-11,20H,2-3,12-15H2,1H3,(H,22,23). The lowest BCUT2D eigenvalue weighted by atomic mass is 10.1. The Morgan fingerprint density at radius 3 is 2.76 bits per heavy atom. The number of hydrogen-bond donors (Lipinski definition) is 1. The van der Waals surface area contributed by atoms with Gasteiger partial charge in [-0.2, -0.15) is 0 Å². The molecule has 0 aromatic heterocycles. The first-order valence-corrected chi connectivity index (χ1v) is 9.88. The van der Waals surface area contributed by atoms with Crippen molar-refractivity contribution >= 4 is 17.7 Å². The minimum absolute atomic E-state index is 0.00624. The maximum atomic E-state index is 12.4. The molecule has 0 fully saturated rings. The van der Waals surface area contributed by atoms with E-state index in [0.29, 0.717) is 6.54 Å². The number of benzene rings is 2. The summed E-state index contributed by atoms with van der Waals surface area (Å²) in [7, 11) is 0. The van der Waals surface area contributed by atoms with Crippen LogP contribution in [-0.2, 0) is 17.6 Å². The van der Waals surface area contributed by atoms with Crippen LogP contribution in [0.15, 0.2) is 53.4 Å². The van der Waals surface area contributed by atoms with Crippen molar-refractivity contribution in [3.63, 3.8) is 0 Å². The Bertz CT molecular complexity index is 674. The second kappa shape index (κ2) is 8.95. The first-order chi connectivity index (χ1) is 12.3. The van der Waals surface area contributed by atoms with Gasteiger partial charge in [-0.1, -0.05) is 43.7 Å². The highest BCUT2D eigenvalue weighted by Gasteiger charge is 2.27. The summed E-state index contributed by atoms with van der Waals surface area (Å²) in [6, 6.07) is 16.4. The molecule has 4 heteroatoms. The molecule has 1 heterocycles. The van der Waals surface area contributed by atoms with Gasteiger partial charge in [0.25, 0.3) is 0 Å². The van der Waals surface area contributed by atoms with Crippen LogP contribution in [0.5, 0.6) is 5.75 Å². The highest BCUT2D eigenvalue weighted by molar-refractivity contribution is 8.01. The van der Waals surface area contributed by atoms with Crippen LogP contribution in [0.25, 0.3) is 0 Å². The third-order valence-corrected chi connectivity index (χ3v) is 5.66. The Hall–Kier alpha value is -1.94. The minimum Gasteiger partial charge on any atom is -0.494 e. The molecule has 1 amide bonds. The largest absolute Gasteiger partial charge is 0.494 e. The third kappa shape index (κ3) is 5.02. The van der Waals surface area contributed by atoms with Gasteiger partial charge in [0, 0.05) is 11.4 Å². The van der Waals surface area contributed by atoms with Crippen molar-refractivity contribution < 1.29 is 9.53 Å². The van der Waals surface area contributed by atoms with Crippen LogP contribution in [0, 0.1) is 0 Å². The molecular weight excluding hydrogens is 330 g/mol. The SMILES string of the molecule is CCCCOc1ccc(CCNC(=O)C2Cc3ccccc3S2)cc1. The summed E-state index contributed by atoms with van der Waals surface area (Å²) in [4.78, 5) is 13.6. The fraction of sp³-hybridized carbons (Fsp3) is 0.381.